The van der Waals surface area contributed by atoms with Crippen LogP contribution in [0.25, 0.3) is 31.3 Å². The molecule has 49 heavy (non-hydrogen) atoms. The van der Waals surface area contributed by atoms with Gasteiger partial charge in [0.1, 0.15) is 0 Å². The third-order valence-electron chi connectivity index (χ3n) is 10.2. The Bertz CT molecular complexity index is 2580. The first-order valence-corrected chi connectivity index (χ1v) is 17.6. The number of rotatable bonds is 4. The fourth-order valence-corrected chi connectivity index (χ4v) is 9.11. The van der Waals surface area contributed by atoms with E-state index in [0.717, 1.165) is 45.6 Å². The van der Waals surface area contributed by atoms with Crippen LogP contribution in [0.1, 0.15) is 25.0 Å². The van der Waals surface area contributed by atoms with Crippen molar-refractivity contribution in [1.82, 2.24) is 0 Å². The Morgan fingerprint density at radius 1 is 0.551 bits per heavy atom. The topological polar surface area (TPSA) is 15.7 Å². The van der Waals surface area contributed by atoms with Gasteiger partial charge in [0.15, 0.2) is 11.5 Å². The predicted octanol–water partition coefficient (Wildman–Crippen LogP) is 13.4. The highest BCUT2D eigenvalue weighted by Crippen LogP contribution is 2.54. The van der Waals surface area contributed by atoms with Gasteiger partial charge >= 0.3 is 0 Å². The largest absolute Gasteiger partial charge is 0.453 e. The summed E-state index contributed by atoms with van der Waals surface area (Å²) in [7, 11) is 0. The lowest BCUT2D eigenvalue weighted by molar-refractivity contribution is 0.477. The molecule has 0 unspecified atom stereocenters. The van der Waals surface area contributed by atoms with Gasteiger partial charge in [-0.05, 0) is 82.9 Å². The van der Waals surface area contributed by atoms with Gasteiger partial charge in [-0.25, -0.2) is 0 Å². The molecule has 234 valence electrons. The summed E-state index contributed by atoms with van der Waals surface area (Å²) in [5.41, 5.74) is 11.7. The van der Waals surface area contributed by atoms with E-state index in [2.05, 4.69) is 175 Å². The predicted molar refractivity (Wildman–Crippen MR) is 206 cm³/mol. The fourth-order valence-electron chi connectivity index (χ4n) is 7.91. The van der Waals surface area contributed by atoms with Crippen LogP contribution in [0.15, 0.2) is 158 Å². The lowest BCUT2D eigenvalue weighted by Crippen LogP contribution is -2.18. The molecule has 3 nitrogen and oxygen atoms in total. The summed E-state index contributed by atoms with van der Waals surface area (Å²) in [5.74, 6) is 1.66. The average Bonchev–Trinajstić information content (AvgIpc) is 3.64. The third-order valence-corrected chi connectivity index (χ3v) is 11.4. The Morgan fingerprint density at radius 3 is 2.16 bits per heavy atom. The minimum absolute atomic E-state index is 0.115. The number of para-hydroxylation sites is 3. The number of thiophene rings is 1. The van der Waals surface area contributed by atoms with E-state index in [9.17, 15) is 0 Å². The second-order valence-electron chi connectivity index (χ2n) is 13.4. The van der Waals surface area contributed by atoms with Gasteiger partial charge in [-0.1, -0.05) is 105 Å². The highest BCUT2D eigenvalue weighted by Gasteiger charge is 2.36. The lowest BCUT2D eigenvalue weighted by atomic mass is 9.82. The van der Waals surface area contributed by atoms with Gasteiger partial charge in [0.2, 0.25) is 0 Å². The van der Waals surface area contributed by atoms with E-state index >= 15 is 0 Å². The van der Waals surface area contributed by atoms with Crippen LogP contribution in [0.5, 0.6) is 11.5 Å². The summed E-state index contributed by atoms with van der Waals surface area (Å²) in [5, 5.41) is 2.56. The summed E-state index contributed by atoms with van der Waals surface area (Å²) in [6.07, 6.45) is 0. The van der Waals surface area contributed by atoms with Crippen LogP contribution in [-0.2, 0) is 5.41 Å². The van der Waals surface area contributed by atoms with Crippen molar-refractivity contribution in [3.05, 3.63) is 169 Å². The molecule has 0 amide bonds. The van der Waals surface area contributed by atoms with Crippen molar-refractivity contribution in [2.24, 2.45) is 0 Å². The maximum atomic E-state index is 6.71. The zero-order chi connectivity index (χ0) is 32.7. The maximum Gasteiger partial charge on any atom is 0.153 e. The van der Waals surface area contributed by atoms with Crippen LogP contribution in [0, 0.1) is 0 Å². The molecule has 7 aromatic carbocycles. The number of hydrogen-bond donors (Lipinski definition) is 0. The van der Waals surface area contributed by atoms with Crippen molar-refractivity contribution >= 4 is 65.6 Å². The van der Waals surface area contributed by atoms with Crippen molar-refractivity contribution in [2.75, 3.05) is 9.80 Å². The van der Waals surface area contributed by atoms with Gasteiger partial charge in [-0.2, -0.15) is 0 Å². The van der Waals surface area contributed by atoms with Crippen molar-refractivity contribution in [1.29, 1.82) is 0 Å². The minimum atomic E-state index is -0.115. The normalized spacial score (nSPS) is 13.8. The minimum Gasteiger partial charge on any atom is -0.453 e. The molecule has 0 atom stereocenters. The summed E-state index contributed by atoms with van der Waals surface area (Å²) >= 11 is 1.86. The van der Waals surface area contributed by atoms with E-state index < -0.39 is 0 Å². The third kappa shape index (κ3) is 4.21. The Morgan fingerprint density at radius 2 is 1.24 bits per heavy atom. The van der Waals surface area contributed by atoms with Crippen molar-refractivity contribution < 1.29 is 4.74 Å². The maximum absolute atomic E-state index is 6.71. The van der Waals surface area contributed by atoms with Crippen LogP contribution >= 0.6 is 11.3 Å². The Hall–Kier alpha value is -5.84. The second-order valence-corrected chi connectivity index (χ2v) is 14.4. The number of fused-ring (bicyclic) bond motifs is 8. The molecule has 2 heterocycles. The van der Waals surface area contributed by atoms with Gasteiger partial charge < -0.3 is 14.5 Å². The van der Waals surface area contributed by atoms with E-state index in [1.165, 1.54) is 42.4 Å². The Kier molecular flexibility index (Phi) is 6.09. The van der Waals surface area contributed by atoms with Gasteiger partial charge in [0.05, 0.1) is 27.4 Å². The van der Waals surface area contributed by atoms with Crippen LogP contribution < -0.4 is 14.5 Å². The monoisotopic (exact) mass is 648 g/mol. The Balaban J connectivity index is 1.20. The smallest absolute Gasteiger partial charge is 0.153 e. The first-order valence-electron chi connectivity index (χ1n) is 16.8. The molecule has 1 aromatic heterocycles. The zero-order valence-corrected chi connectivity index (χ0v) is 28.0. The second kappa shape index (κ2) is 10.6. The molecule has 10 rings (SSSR count). The van der Waals surface area contributed by atoms with E-state index in [0.29, 0.717) is 0 Å². The zero-order valence-electron chi connectivity index (χ0n) is 27.2. The highest BCUT2D eigenvalue weighted by atomic mass is 32.1. The van der Waals surface area contributed by atoms with Crippen LogP contribution in [0.3, 0.4) is 0 Å². The van der Waals surface area contributed by atoms with Gasteiger partial charge in [-0.3, -0.25) is 0 Å². The molecule has 0 bridgehead atoms. The molecule has 8 aromatic rings. The van der Waals surface area contributed by atoms with Crippen LogP contribution in [0.4, 0.5) is 34.1 Å². The van der Waals surface area contributed by atoms with Gasteiger partial charge in [-0.15, -0.1) is 11.3 Å². The Labute approximate surface area is 289 Å². The molecule has 0 N–H and O–H groups in total. The molecule has 2 aliphatic rings. The highest BCUT2D eigenvalue weighted by molar-refractivity contribution is 7.26. The van der Waals surface area contributed by atoms with Gasteiger partial charge in [0, 0.05) is 38.3 Å². The molecular formula is C45H32N2OS. The number of ether oxygens (including phenoxy) is 1. The number of anilines is 6. The summed E-state index contributed by atoms with van der Waals surface area (Å²) in [6, 6.07) is 56.8. The molecular weight excluding hydrogens is 617 g/mol. The van der Waals surface area contributed by atoms with Crippen LogP contribution in [0.2, 0.25) is 0 Å². The molecule has 1 aliphatic carbocycles. The van der Waals surface area contributed by atoms with Crippen molar-refractivity contribution in [2.45, 2.75) is 19.3 Å². The molecule has 0 saturated heterocycles. The van der Waals surface area contributed by atoms with Crippen molar-refractivity contribution in [3.8, 4) is 22.6 Å². The fraction of sp³-hybridized carbons (Fsp3) is 0.0667. The number of benzene rings is 7. The number of hydrogen-bond acceptors (Lipinski definition) is 4. The molecule has 0 fully saturated rings. The van der Waals surface area contributed by atoms with E-state index in [1.807, 2.05) is 17.4 Å². The average molecular weight is 649 g/mol. The summed E-state index contributed by atoms with van der Waals surface area (Å²) < 4.78 is 9.27. The van der Waals surface area contributed by atoms with Crippen LogP contribution in [-0.4, -0.2) is 0 Å². The molecule has 0 saturated carbocycles. The summed E-state index contributed by atoms with van der Waals surface area (Å²) in [6.45, 7) is 4.70. The number of nitrogens with zero attached hydrogens (tertiary/aromatic N) is 2. The van der Waals surface area contributed by atoms with E-state index in [-0.39, 0.29) is 5.41 Å². The van der Waals surface area contributed by atoms with Gasteiger partial charge in [0.25, 0.3) is 0 Å². The first-order chi connectivity index (χ1) is 24.1. The summed E-state index contributed by atoms with van der Waals surface area (Å²) in [4.78, 5) is 4.72. The molecule has 0 radical (unpaired) electrons. The van der Waals surface area contributed by atoms with E-state index in [1.54, 1.807) is 0 Å². The molecule has 4 heteroatoms. The molecule has 0 spiro atoms. The van der Waals surface area contributed by atoms with Crippen molar-refractivity contribution in [3.63, 3.8) is 0 Å². The standard InChI is InChI=1S/C45H32N2OS/c1-45(2)36-18-8-6-15-32(36)33-25-23-30(27-37(33)45)46(40-20-12-17-35-34-16-7-11-22-43(34)49-44(35)40)31-24-26-39-42(28-31)48-41-21-10-9-19-38(41)47(39)29-13-4-3-5-14-29/h3-28H,1-2H3. The lowest BCUT2D eigenvalue weighted by Gasteiger charge is -2.34. The molecule has 1 aliphatic heterocycles. The SMILES string of the molecule is CC1(C)c2ccccc2-c2ccc(N(c3ccc4c(c3)Oc3ccccc3N4c3ccccc3)c3cccc4c3sc3ccccc34)cc21. The quantitative estimate of drug-likeness (QED) is 0.189. The first kappa shape index (κ1) is 28.2. The van der Waals surface area contributed by atoms with E-state index in [4.69, 9.17) is 4.74 Å².